The Bertz CT molecular complexity index is 1400. The number of ketones is 1. The molecule has 0 saturated carbocycles. The smallest absolute Gasteiger partial charge is 0.352 e. The summed E-state index contributed by atoms with van der Waals surface area (Å²) >= 11 is 0. The Kier molecular flexibility index (Phi) is 9.65. The highest BCUT2D eigenvalue weighted by Crippen LogP contribution is 2.30. The highest BCUT2D eigenvalue weighted by molar-refractivity contribution is 6.11. The van der Waals surface area contributed by atoms with Crippen molar-refractivity contribution in [1.82, 2.24) is 9.88 Å². The van der Waals surface area contributed by atoms with Crippen molar-refractivity contribution in [3.63, 3.8) is 0 Å². The van der Waals surface area contributed by atoms with E-state index in [2.05, 4.69) is 4.98 Å². The van der Waals surface area contributed by atoms with Gasteiger partial charge in [0.2, 0.25) is 0 Å². The molecule has 1 unspecified atom stereocenters. The molecule has 1 atom stereocenters. The second kappa shape index (κ2) is 12.9. The van der Waals surface area contributed by atoms with Gasteiger partial charge in [0, 0.05) is 23.5 Å². The van der Waals surface area contributed by atoms with Crippen molar-refractivity contribution in [3.05, 3.63) is 101 Å². The number of Topliss-reactive ketones (excluding diaryl/α,β-unsaturated/α-hetero) is 1. The number of carbonyl (C=O) groups is 3. The molecule has 3 N–H and O–H groups in total. The Morgan fingerprint density at radius 1 is 0.921 bits per heavy atom. The predicted molar refractivity (Wildman–Crippen MR) is 146 cm³/mol. The molecule has 3 aromatic carbocycles. The third-order valence-corrected chi connectivity index (χ3v) is 6.19. The fourth-order valence-electron chi connectivity index (χ4n) is 4.24. The average molecular weight is 537 g/mol. The third-order valence-electron chi connectivity index (χ3n) is 6.19. The summed E-state index contributed by atoms with van der Waals surface area (Å²) in [5.41, 5.74) is 2.61. The normalized spacial score (nSPS) is 11.6. The minimum Gasteiger partial charge on any atom is -0.487 e. The van der Waals surface area contributed by atoms with E-state index in [1.54, 1.807) is 19.1 Å². The molecule has 0 radical (unpaired) electrons. The Balaban J connectivity index is 0.00000400. The van der Waals surface area contributed by atoms with Crippen molar-refractivity contribution in [2.24, 2.45) is 0 Å². The van der Waals surface area contributed by atoms with Gasteiger partial charge in [-0.2, -0.15) is 0 Å². The standard InChI is InChI=1S/C29H28N2O6.ClH/c1-19(14-27(33)34)31(16-20-8-4-2-5-9-20)17-25(32)22-12-13-26(37-18-21-10-6-3-7-11-21)28-23(22)15-24(30-28)29(35)36;/h2-13,15,19,30H,14,16-18H2,1H3,(H,33,34)(H,35,36);1H. The lowest BCUT2D eigenvalue weighted by Gasteiger charge is -2.27. The number of nitrogens with zero attached hydrogens (tertiary/aromatic N) is 1. The van der Waals surface area contributed by atoms with E-state index in [1.807, 2.05) is 65.6 Å². The minimum absolute atomic E-state index is 0. The van der Waals surface area contributed by atoms with Crippen LogP contribution in [0.2, 0.25) is 0 Å². The average Bonchev–Trinajstić information content (AvgIpc) is 3.34. The predicted octanol–water partition coefficient (Wildman–Crippen LogP) is 5.42. The number of carboxylic acid groups (broad SMARTS) is 2. The maximum atomic E-state index is 13.5. The van der Waals surface area contributed by atoms with Crippen molar-refractivity contribution in [1.29, 1.82) is 0 Å². The number of benzene rings is 3. The molecule has 0 aliphatic carbocycles. The van der Waals surface area contributed by atoms with Crippen LogP contribution in [-0.4, -0.2) is 50.4 Å². The quantitative estimate of drug-likeness (QED) is 0.207. The van der Waals surface area contributed by atoms with Crippen LogP contribution in [0, 0.1) is 0 Å². The van der Waals surface area contributed by atoms with Crippen LogP contribution in [0.15, 0.2) is 78.9 Å². The van der Waals surface area contributed by atoms with Gasteiger partial charge >= 0.3 is 11.9 Å². The van der Waals surface area contributed by atoms with Gasteiger partial charge in [-0.3, -0.25) is 14.5 Å². The summed E-state index contributed by atoms with van der Waals surface area (Å²) in [7, 11) is 0. The maximum absolute atomic E-state index is 13.5. The topological polar surface area (TPSA) is 120 Å². The molecular formula is C29H29ClN2O6. The molecular weight excluding hydrogens is 508 g/mol. The van der Waals surface area contributed by atoms with Crippen molar-refractivity contribution >= 4 is 41.0 Å². The number of nitrogens with one attached hydrogen (secondary N) is 1. The van der Waals surface area contributed by atoms with Crippen LogP contribution in [-0.2, 0) is 17.9 Å². The van der Waals surface area contributed by atoms with Gasteiger partial charge in [-0.05, 0) is 36.2 Å². The highest BCUT2D eigenvalue weighted by atomic mass is 35.5. The number of carboxylic acids is 2. The molecule has 4 aromatic rings. The van der Waals surface area contributed by atoms with Crippen molar-refractivity contribution in [2.75, 3.05) is 6.54 Å². The SMILES string of the molecule is CC(CC(=O)O)N(CC(=O)c1ccc(OCc2ccccc2)c2[nH]c(C(=O)O)cc12)Cc1ccccc1.Cl. The second-order valence-electron chi connectivity index (χ2n) is 8.92. The fourth-order valence-corrected chi connectivity index (χ4v) is 4.24. The number of halogens is 1. The first-order valence-electron chi connectivity index (χ1n) is 11.9. The van der Waals surface area contributed by atoms with E-state index in [4.69, 9.17) is 4.74 Å². The summed E-state index contributed by atoms with van der Waals surface area (Å²) < 4.78 is 5.96. The lowest BCUT2D eigenvalue weighted by Crippen LogP contribution is -2.38. The van der Waals surface area contributed by atoms with E-state index in [-0.39, 0.29) is 43.5 Å². The van der Waals surface area contributed by atoms with Crippen molar-refractivity contribution < 1.29 is 29.3 Å². The van der Waals surface area contributed by atoms with Gasteiger partial charge in [0.15, 0.2) is 5.78 Å². The van der Waals surface area contributed by atoms with E-state index >= 15 is 0 Å². The van der Waals surface area contributed by atoms with Crippen LogP contribution in [0.5, 0.6) is 5.75 Å². The van der Waals surface area contributed by atoms with Crippen LogP contribution < -0.4 is 4.74 Å². The number of carbonyl (C=O) groups excluding carboxylic acids is 1. The number of hydrogen-bond acceptors (Lipinski definition) is 5. The molecule has 0 saturated heterocycles. The molecule has 0 fully saturated rings. The molecule has 1 heterocycles. The Morgan fingerprint density at radius 2 is 1.55 bits per heavy atom. The van der Waals surface area contributed by atoms with Gasteiger partial charge in [-0.25, -0.2) is 4.79 Å². The summed E-state index contributed by atoms with van der Waals surface area (Å²) in [4.78, 5) is 41.3. The summed E-state index contributed by atoms with van der Waals surface area (Å²) in [6.45, 7) is 2.42. The zero-order chi connectivity index (χ0) is 26.4. The summed E-state index contributed by atoms with van der Waals surface area (Å²) in [6, 6.07) is 23.4. The van der Waals surface area contributed by atoms with Gasteiger partial charge in [-0.1, -0.05) is 60.7 Å². The highest BCUT2D eigenvalue weighted by Gasteiger charge is 2.24. The summed E-state index contributed by atoms with van der Waals surface area (Å²) in [5, 5.41) is 19.3. The largest absolute Gasteiger partial charge is 0.487 e. The number of fused-ring (bicyclic) bond motifs is 1. The van der Waals surface area contributed by atoms with E-state index in [9.17, 15) is 24.6 Å². The third kappa shape index (κ3) is 7.00. The second-order valence-corrected chi connectivity index (χ2v) is 8.92. The number of H-pyrrole nitrogens is 1. The van der Waals surface area contributed by atoms with Crippen LogP contribution in [0.4, 0.5) is 0 Å². The monoisotopic (exact) mass is 536 g/mol. The van der Waals surface area contributed by atoms with Gasteiger partial charge in [0.05, 0.1) is 18.5 Å². The minimum atomic E-state index is -1.15. The maximum Gasteiger partial charge on any atom is 0.352 e. The van der Waals surface area contributed by atoms with E-state index in [0.717, 1.165) is 11.1 Å². The number of aromatic nitrogens is 1. The van der Waals surface area contributed by atoms with Crippen LogP contribution in [0.3, 0.4) is 0 Å². The molecule has 4 rings (SSSR count). The van der Waals surface area contributed by atoms with Crippen molar-refractivity contribution in [2.45, 2.75) is 32.5 Å². The Morgan fingerprint density at radius 3 is 2.16 bits per heavy atom. The first kappa shape index (κ1) is 28.4. The number of aliphatic carboxylic acids is 1. The number of rotatable bonds is 12. The van der Waals surface area contributed by atoms with E-state index in [1.165, 1.54) is 6.07 Å². The lowest BCUT2D eigenvalue weighted by atomic mass is 10.0. The Hall–Kier alpha value is -4.14. The van der Waals surface area contributed by atoms with Crippen LogP contribution >= 0.6 is 12.4 Å². The van der Waals surface area contributed by atoms with Crippen LogP contribution in [0.25, 0.3) is 10.9 Å². The van der Waals surface area contributed by atoms with Gasteiger partial charge in [-0.15, -0.1) is 12.4 Å². The molecule has 0 spiro atoms. The number of aromatic amines is 1. The molecule has 198 valence electrons. The Labute approximate surface area is 226 Å². The molecule has 1 aromatic heterocycles. The zero-order valence-corrected chi connectivity index (χ0v) is 21.6. The molecule has 0 bridgehead atoms. The van der Waals surface area contributed by atoms with Gasteiger partial charge in [0.1, 0.15) is 18.1 Å². The zero-order valence-electron chi connectivity index (χ0n) is 20.8. The lowest BCUT2D eigenvalue weighted by molar-refractivity contribution is -0.138. The summed E-state index contributed by atoms with van der Waals surface area (Å²) in [5.74, 6) is -1.91. The molecule has 0 aliphatic heterocycles. The fraction of sp³-hybridized carbons (Fsp3) is 0.207. The molecule has 0 amide bonds. The first-order valence-corrected chi connectivity index (χ1v) is 11.9. The summed E-state index contributed by atoms with van der Waals surface area (Å²) in [6.07, 6.45) is -0.116. The first-order chi connectivity index (χ1) is 17.8. The van der Waals surface area contributed by atoms with Gasteiger partial charge in [0.25, 0.3) is 0 Å². The number of hydrogen-bond donors (Lipinski definition) is 3. The molecule has 0 aliphatic rings. The van der Waals surface area contributed by atoms with Gasteiger partial charge < -0.3 is 19.9 Å². The molecule has 8 nitrogen and oxygen atoms in total. The number of aromatic carboxylic acids is 1. The van der Waals surface area contributed by atoms with E-state index < -0.39 is 18.0 Å². The molecule has 9 heteroatoms. The van der Waals surface area contributed by atoms with Crippen LogP contribution in [0.1, 0.15) is 45.3 Å². The number of ether oxygens (including phenoxy) is 1. The van der Waals surface area contributed by atoms with Crippen molar-refractivity contribution in [3.8, 4) is 5.75 Å². The van der Waals surface area contributed by atoms with E-state index in [0.29, 0.717) is 28.8 Å². The molecule has 38 heavy (non-hydrogen) atoms.